The van der Waals surface area contributed by atoms with Gasteiger partial charge in [0.2, 0.25) is 9.84 Å². The molecule has 0 saturated carbocycles. The number of hydrogen-bond donors (Lipinski definition) is 4. The molecule has 0 radical (unpaired) electrons. The third kappa shape index (κ3) is 41.7. The first-order chi connectivity index (χ1) is 55.7. The van der Waals surface area contributed by atoms with E-state index < -0.39 is 56.9 Å². The molecule has 11 aromatic carbocycles. The average molecular weight is 1780 g/mol. The highest BCUT2D eigenvalue weighted by molar-refractivity contribution is 8.00. The standard InChI is InChI=1S/2C16H14O3S.C16H16O2S.C16H14OS.C10H9FO3.C6H5F.C6H6S.C4H4O3.3CH4.Al.3ClH/c17-16-8-4-5-12-9-10-14(11-15(12)16)20(18,19)13-6-2-1-3-7-13;17-15(10-11-16(18)19)12-6-8-14(9-7-12)20-13-4-2-1-3-5-13;17-16(18)8-4-5-13-9-11-15(12-10-13)19-14-6-2-1-3-7-14;17-16-8-4-5-12-9-10-14(11-15(12)16)18-13-6-2-1-3-7-13;11-8-3-1-7(2-4-8)9(12)5-6-10(13)14;2*7-6-4-2-1-3-5-6;5-3-1-2-4(6)7-3;;;;;;;/h1-3,6-7,9-11H,4-5,8H2;1-9H,10-11H2,(H,18,19);1-3,6-7,9-12H,4-5,8H2,(H,17,18);1-3,6-7,9-11H,4-5,8H2;1-4H,5-6H2,(H,13,14);1-5H;1-5,7H;1-2H2;3*1H4;;3*1H/q;;;;;;;;;;;+3;;;/p-3. The molecule has 0 unspecified atom stereocenters. The highest BCUT2D eigenvalue weighted by Gasteiger charge is 2.24. The van der Waals surface area contributed by atoms with Crippen molar-refractivity contribution in [3.63, 3.8) is 0 Å². The number of ether oxygens (including phenoxy) is 1. The van der Waals surface area contributed by atoms with Crippen molar-refractivity contribution < 1.29 is 80.4 Å². The van der Waals surface area contributed by atoms with E-state index in [9.17, 15) is 60.3 Å². The van der Waals surface area contributed by atoms with Crippen molar-refractivity contribution in [3.05, 3.63) is 342 Å². The van der Waals surface area contributed by atoms with E-state index >= 15 is 0 Å². The minimum Gasteiger partial charge on any atom is -0.481 e. The molecule has 15 nitrogen and oxygen atoms in total. The number of ketones is 4. The Morgan fingerprint density at radius 2 is 0.723 bits per heavy atom. The Bertz CT molecular complexity index is 5000. The highest BCUT2D eigenvalue weighted by Crippen LogP contribution is 2.33. The summed E-state index contributed by atoms with van der Waals surface area (Å²) in [6.45, 7) is 0. The van der Waals surface area contributed by atoms with E-state index in [0.29, 0.717) is 41.7 Å². The number of cyclic esters (lactones) is 2. The van der Waals surface area contributed by atoms with E-state index in [4.69, 9.17) is 45.5 Å². The molecule has 0 atom stereocenters. The van der Waals surface area contributed by atoms with Crippen LogP contribution in [0.5, 0.6) is 0 Å². The van der Waals surface area contributed by atoms with Gasteiger partial charge in [0.15, 0.2) is 23.1 Å². The fourth-order valence-corrected chi connectivity index (χ4v) is 14.6. The SMILES string of the molecule is C.C.C.Fc1ccccc1.O=C(O)CCC(=O)c1ccc(F)cc1.O=C(O)CCC(=O)c1ccc(Sc2ccccc2)cc1.O=C(O)CCCc1ccc(Sc2ccccc2)cc1.O=C1CCC(=O)O1.O=C1CCCc2ccc(S(=O)(=O)c3ccccc3)cc21.O=C1CCCc2ccc(Sc3ccccc3)cc21.Sc1ccccc1.[Cl][Al]([Cl])[Cl]. The van der Waals surface area contributed by atoms with E-state index in [2.05, 4.69) is 84.1 Å². The maximum absolute atomic E-state index is 12.5. The molecule has 3 N–H and O–H groups in total. The number of aliphatic carboxylic acids is 3. The van der Waals surface area contributed by atoms with Crippen molar-refractivity contribution in [1.82, 2.24) is 0 Å². The van der Waals surface area contributed by atoms with Crippen molar-refractivity contribution in [2.24, 2.45) is 0 Å². The molecule has 1 heterocycles. The van der Waals surface area contributed by atoms with Gasteiger partial charge in [-0.2, -0.15) is 0 Å². The topological polar surface area (TPSA) is 258 Å². The van der Waals surface area contributed by atoms with E-state index in [-0.39, 0.29) is 100 Å². The predicted octanol–water partition coefficient (Wildman–Crippen LogP) is 24.6. The molecule has 26 heteroatoms. The Labute approximate surface area is 731 Å². The predicted molar refractivity (Wildman–Crippen MR) is 477 cm³/mol. The van der Waals surface area contributed by atoms with Crippen LogP contribution < -0.4 is 0 Å². The molecule has 11 aromatic rings. The van der Waals surface area contributed by atoms with Gasteiger partial charge in [0, 0.05) is 88.6 Å². The number of fused-ring (bicyclic) bond motifs is 2. The van der Waals surface area contributed by atoms with Crippen LogP contribution in [-0.2, 0) is 57.8 Å². The highest BCUT2D eigenvalue weighted by atomic mass is 35.8. The number of Topliss-reactive ketones (excluding diaryl/α,β-unsaturated/α-hetero) is 4. The summed E-state index contributed by atoms with van der Waals surface area (Å²) in [6.07, 6.45) is 6.87. The fraction of sp³-hybridized carbons (Fsp3) is 0.194. The first kappa shape index (κ1) is 103. The Morgan fingerprint density at radius 3 is 1.09 bits per heavy atom. The van der Waals surface area contributed by atoms with Crippen LogP contribution in [0.2, 0.25) is 0 Å². The second kappa shape index (κ2) is 57.4. The normalized spacial score (nSPS) is 11.6. The lowest BCUT2D eigenvalue weighted by Gasteiger charge is -2.15. The van der Waals surface area contributed by atoms with Gasteiger partial charge in [-0.05, 0) is 201 Å². The number of hydrogen-bond acceptors (Lipinski definition) is 16. The molecule has 119 heavy (non-hydrogen) atoms. The van der Waals surface area contributed by atoms with Crippen LogP contribution in [0.1, 0.15) is 157 Å². The zero-order valence-corrected chi connectivity index (χ0v) is 70.2. The number of sulfone groups is 1. The number of carbonyl (C=O) groups excluding carboxylic acids is 6. The van der Waals surface area contributed by atoms with Crippen LogP contribution in [0.3, 0.4) is 0 Å². The van der Waals surface area contributed by atoms with Gasteiger partial charge in [0.1, 0.15) is 11.6 Å². The Hall–Kier alpha value is -9.74. The minimum absolute atomic E-state index is 0. The second-order valence-electron chi connectivity index (χ2n) is 25.0. The molecule has 2 aliphatic carbocycles. The molecule has 3 aliphatic rings. The summed E-state index contributed by atoms with van der Waals surface area (Å²) >= 11 is 7.42. The van der Waals surface area contributed by atoms with Crippen LogP contribution in [0.25, 0.3) is 0 Å². The molecule has 1 saturated heterocycles. The molecule has 1 fully saturated rings. The van der Waals surface area contributed by atoms with Gasteiger partial charge >= 0.3 is 41.2 Å². The Morgan fingerprint density at radius 1 is 0.387 bits per heavy atom. The molecule has 1 aliphatic heterocycles. The third-order valence-corrected chi connectivity index (χ3v) is 21.4. The van der Waals surface area contributed by atoms with Crippen molar-refractivity contribution in [2.45, 2.75) is 163 Å². The van der Waals surface area contributed by atoms with Crippen molar-refractivity contribution in [3.8, 4) is 0 Å². The van der Waals surface area contributed by atoms with Gasteiger partial charge in [0.05, 0.1) is 35.5 Å². The number of carboxylic acid groups (broad SMARTS) is 3. The Balaban J connectivity index is 0.000000357. The lowest BCUT2D eigenvalue weighted by atomic mass is 9.91. The van der Waals surface area contributed by atoms with Gasteiger partial charge in [0.25, 0.3) is 0 Å². The number of benzene rings is 11. The van der Waals surface area contributed by atoms with Gasteiger partial charge in [-0.15, -0.1) is 12.6 Å². The van der Waals surface area contributed by atoms with Gasteiger partial charge in [-0.1, -0.05) is 203 Å². The lowest BCUT2D eigenvalue weighted by Crippen LogP contribution is -2.12. The maximum atomic E-state index is 12.5. The van der Waals surface area contributed by atoms with E-state index in [1.54, 1.807) is 108 Å². The number of aryl methyl sites for hydroxylation is 3. The minimum atomic E-state index is -3.55. The monoisotopic (exact) mass is 1780 g/mol. The molecule has 0 amide bonds. The van der Waals surface area contributed by atoms with Gasteiger partial charge in [-0.3, -0.25) is 43.2 Å². The van der Waals surface area contributed by atoms with Crippen molar-refractivity contribution in [1.29, 1.82) is 0 Å². The lowest BCUT2D eigenvalue weighted by molar-refractivity contribution is -0.152. The summed E-state index contributed by atoms with van der Waals surface area (Å²) in [5.41, 5.74) is 5.75. The summed E-state index contributed by atoms with van der Waals surface area (Å²) in [7, 11) is 11.3. The smallest absolute Gasteiger partial charge is 0.481 e. The average Bonchev–Trinajstić information content (AvgIpc) is 0.983. The fourth-order valence-electron chi connectivity index (χ4n) is 10.6. The molecular formula is C93H94AlCl3F2O15S5. The molecule has 14 rings (SSSR count). The molecular weight excluding hydrogens is 1690 g/mol. The van der Waals surface area contributed by atoms with Crippen LogP contribution in [-0.4, -0.2) is 88.1 Å². The van der Waals surface area contributed by atoms with Crippen molar-refractivity contribution >= 4 is 152 Å². The van der Waals surface area contributed by atoms with Crippen LogP contribution in [0, 0.1) is 11.6 Å². The third-order valence-electron chi connectivity index (χ3n) is 16.3. The van der Waals surface area contributed by atoms with Crippen LogP contribution >= 0.6 is 78.1 Å². The summed E-state index contributed by atoms with van der Waals surface area (Å²) < 4.78 is 53.5. The van der Waals surface area contributed by atoms with Gasteiger partial charge < -0.3 is 20.1 Å². The largest absolute Gasteiger partial charge is 0.643 e. The van der Waals surface area contributed by atoms with Crippen molar-refractivity contribution in [2.75, 3.05) is 0 Å². The number of esters is 2. The van der Waals surface area contributed by atoms with Crippen LogP contribution in [0.4, 0.5) is 8.78 Å². The zero-order chi connectivity index (χ0) is 84.0. The van der Waals surface area contributed by atoms with E-state index in [1.165, 1.54) is 68.3 Å². The molecule has 0 spiro atoms. The quantitative estimate of drug-likeness (QED) is 0.0182. The number of rotatable bonds is 20. The number of thiol groups is 1. The zero-order valence-electron chi connectivity index (χ0n) is 62.6. The summed E-state index contributed by atoms with van der Waals surface area (Å²) in [4.78, 5) is 106. The maximum Gasteiger partial charge on any atom is 0.643 e. The number of carbonyl (C=O) groups is 9. The summed E-state index contributed by atoms with van der Waals surface area (Å²) in [6, 6.07) is 88.3. The first-order valence-electron chi connectivity index (χ1n) is 36.3. The number of carboxylic acids is 3. The first-order valence-corrected chi connectivity index (χ1v) is 45.9. The molecule has 0 aromatic heterocycles. The summed E-state index contributed by atoms with van der Waals surface area (Å²) in [5.74, 6) is -4.16. The van der Waals surface area contributed by atoms with E-state index in [1.807, 2.05) is 109 Å². The summed E-state index contributed by atoms with van der Waals surface area (Å²) in [5, 5.41) is 25.5. The number of halogens is 5. The van der Waals surface area contributed by atoms with Gasteiger partial charge in [-0.25, -0.2) is 47.3 Å². The van der Waals surface area contributed by atoms with Crippen LogP contribution in [0.15, 0.2) is 335 Å². The van der Waals surface area contributed by atoms with E-state index in [0.717, 1.165) is 62.8 Å². The second-order valence-corrected chi connectivity index (χ2v) is 37.4. The Kier molecular flexibility index (Phi) is 49.9. The molecule has 0 bridgehead atoms. The molecule has 624 valence electrons.